The van der Waals surface area contributed by atoms with Gasteiger partial charge >= 0.3 is 18.0 Å². The van der Waals surface area contributed by atoms with E-state index in [-0.39, 0.29) is 6.61 Å². The normalized spacial score (nSPS) is 39.1. The fourth-order valence-corrected chi connectivity index (χ4v) is 5.92. The van der Waals surface area contributed by atoms with Crippen LogP contribution in [0.15, 0.2) is 30.3 Å². The van der Waals surface area contributed by atoms with Gasteiger partial charge in [-0.05, 0) is 0 Å². The first kappa shape index (κ1) is 30.9. The van der Waals surface area contributed by atoms with Crippen LogP contribution in [0.5, 0.6) is 0 Å². The summed E-state index contributed by atoms with van der Waals surface area (Å²) in [5, 5.41) is 33.9. The molecule has 0 aliphatic carbocycles. The number of hydrogen-bond acceptors (Lipinski definition) is 15. The number of aliphatic hydroxyl groups excluding tert-OH is 3. The second-order valence-electron chi connectivity index (χ2n) is 10.3. The van der Waals surface area contributed by atoms with Crippen LogP contribution in [0.2, 0.25) is 0 Å². The Morgan fingerprint density at radius 1 is 1.21 bits per heavy atom. The molecule has 4 heterocycles. The van der Waals surface area contributed by atoms with Crippen LogP contribution in [0.1, 0.15) is 25.2 Å². The number of benzene rings is 1. The van der Waals surface area contributed by atoms with Crippen molar-refractivity contribution < 1.29 is 67.6 Å². The summed E-state index contributed by atoms with van der Waals surface area (Å²) >= 11 is 4.33. The standard InChI is InChI=1S/C26H33NO14S/c1-11(29)36-18(13(30)9-28)20-16-14(38-25(33)27-16)8-26(40-20,24(32)34-2)41-21-17(31)23(42)37-15-10-35-22(39-19(15)21)12-6-4-3-5-7-12/h3-7,13-23,28,30-31,42H,8-10H2,1-2H3,(H,27,33)/t13-,14-,15?,16-,17-,18-,19-,20?,21?,22?,23-,26+/m1/s1. The number of thiol groups is 1. The van der Waals surface area contributed by atoms with E-state index in [4.69, 9.17) is 37.9 Å². The summed E-state index contributed by atoms with van der Waals surface area (Å²) in [6, 6.07) is 7.97. The molecule has 1 aromatic rings. The molecule has 15 nitrogen and oxygen atoms in total. The molecule has 0 spiro atoms. The van der Waals surface area contributed by atoms with Gasteiger partial charge in [0.05, 0.1) is 32.8 Å². The van der Waals surface area contributed by atoms with E-state index >= 15 is 0 Å². The number of nitrogens with one attached hydrogen (secondary N) is 1. The molecular formula is C26H33NO14S. The van der Waals surface area contributed by atoms with Gasteiger partial charge in [0, 0.05) is 12.5 Å². The number of alkyl carbamates (subject to hydrolysis) is 1. The number of amides is 1. The van der Waals surface area contributed by atoms with Crippen molar-refractivity contribution >= 4 is 30.7 Å². The fraction of sp³-hybridized carbons (Fsp3) is 0.654. The number of aliphatic hydroxyl groups is 3. The van der Waals surface area contributed by atoms with Gasteiger partial charge in [0.1, 0.15) is 48.2 Å². The Morgan fingerprint density at radius 3 is 2.62 bits per heavy atom. The van der Waals surface area contributed by atoms with Gasteiger partial charge in [-0.3, -0.25) is 4.79 Å². The third-order valence-electron chi connectivity index (χ3n) is 7.51. The van der Waals surface area contributed by atoms with Crippen LogP contribution < -0.4 is 5.32 Å². The van der Waals surface area contributed by atoms with E-state index < -0.39 is 103 Å². The predicted octanol–water partition coefficient (Wildman–Crippen LogP) is -1.08. The summed E-state index contributed by atoms with van der Waals surface area (Å²) in [7, 11) is 1.07. The monoisotopic (exact) mass is 615 g/mol. The predicted molar refractivity (Wildman–Crippen MR) is 139 cm³/mol. The molecule has 5 rings (SSSR count). The summed E-state index contributed by atoms with van der Waals surface area (Å²) in [4.78, 5) is 37.6. The largest absolute Gasteiger partial charge is 0.465 e. The van der Waals surface area contributed by atoms with Crippen molar-refractivity contribution in [2.75, 3.05) is 20.3 Å². The highest BCUT2D eigenvalue weighted by molar-refractivity contribution is 7.80. The van der Waals surface area contributed by atoms with E-state index in [1.165, 1.54) is 0 Å². The molecule has 0 radical (unpaired) electrons. The summed E-state index contributed by atoms with van der Waals surface area (Å²) in [5.41, 5.74) is -0.405. The highest BCUT2D eigenvalue weighted by atomic mass is 32.1. The second kappa shape index (κ2) is 12.6. The van der Waals surface area contributed by atoms with Crippen LogP contribution in [0, 0.1) is 0 Å². The van der Waals surface area contributed by atoms with Gasteiger partial charge in [0.2, 0.25) is 0 Å². The van der Waals surface area contributed by atoms with Gasteiger partial charge in [-0.1, -0.05) is 30.3 Å². The first-order chi connectivity index (χ1) is 20.1. The Hall–Kier alpha value is -2.54. The maximum atomic E-state index is 13.4. The molecule has 12 atom stereocenters. The molecule has 0 bridgehead atoms. The average Bonchev–Trinajstić information content (AvgIpc) is 3.36. The maximum absolute atomic E-state index is 13.4. The molecule has 4 fully saturated rings. The molecule has 4 unspecified atom stereocenters. The Labute approximate surface area is 245 Å². The zero-order valence-electron chi connectivity index (χ0n) is 22.6. The second-order valence-corrected chi connectivity index (χ2v) is 10.8. The van der Waals surface area contributed by atoms with Crippen LogP contribution in [-0.4, -0.2) is 120 Å². The van der Waals surface area contributed by atoms with Gasteiger partial charge < -0.3 is 58.5 Å². The van der Waals surface area contributed by atoms with E-state index in [0.717, 1.165) is 14.0 Å². The van der Waals surface area contributed by atoms with E-state index in [9.17, 15) is 29.7 Å². The van der Waals surface area contributed by atoms with Gasteiger partial charge in [0.25, 0.3) is 5.79 Å². The van der Waals surface area contributed by atoms with Crippen molar-refractivity contribution in [3.63, 3.8) is 0 Å². The summed E-state index contributed by atoms with van der Waals surface area (Å²) in [6.07, 6.45) is -12.6. The smallest absolute Gasteiger partial charge is 0.407 e. The van der Waals surface area contributed by atoms with Crippen LogP contribution >= 0.6 is 12.6 Å². The molecule has 0 aromatic heterocycles. The van der Waals surface area contributed by atoms with Crippen LogP contribution in [0.3, 0.4) is 0 Å². The lowest BCUT2D eigenvalue weighted by molar-refractivity contribution is -0.373. The Morgan fingerprint density at radius 2 is 1.95 bits per heavy atom. The average molecular weight is 616 g/mol. The first-order valence-corrected chi connectivity index (χ1v) is 13.8. The number of ether oxygens (including phenoxy) is 8. The highest BCUT2D eigenvalue weighted by Gasteiger charge is 2.63. The quantitative estimate of drug-likeness (QED) is 0.134. The topological polar surface area (TPSA) is 198 Å². The van der Waals surface area contributed by atoms with Crippen LogP contribution in [0.4, 0.5) is 4.79 Å². The summed E-state index contributed by atoms with van der Waals surface area (Å²) in [6.45, 7) is 0.253. The zero-order chi connectivity index (χ0) is 30.2. The lowest BCUT2D eigenvalue weighted by Gasteiger charge is -2.51. The third-order valence-corrected chi connectivity index (χ3v) is 7.93. The van der Waals surface area contributed by atoms with Crippen LogP contribution in [-0.2, 0) is 47.5 Å². The van der Waals surface area contributed by atoms with E-state index in [1.807, 2.05) is 6.07 Å². The number of carbonyl (C=O) groups is 3. The molecule has 16 heteroatoms. The highest BCUT2D eigenvalue weighted by Crippen LogP contribution is 2.43. The lowest BCUT2D eigenvalue weighted by atomic mass is 9.88. The summed E-state index contributed by atoms with van der Waals surface area (Å²) < 4.78 is 45.9. The zero-order valence-corrected chi connectivity index (χ0v) is 23.5. The van der Waals surface area contributed by atoms with E-state index in [0.29, 0.717) is 5.56 Å². The molecule has 4 N–H and O–H groups in total. The van der Waals surface area contributed by atoms with Crippen molar-refractivity contribution in [3.05, 3.63) is 35.9 Å². The number of fused-ring (bicyclic) bond motifs is 2. The van der Waals surface area contributed by atoms with E-state index in [1.54, 1.807) is 24.3 Å². The fourth-order valence-electron chi connectivity index (χ4n) is 5.59. The molecule has 232 valence electrons. The third kappa shape index (κ3) is 5.95. The van der Waals surface area contributed by atoms with Crippen molar-refractivity contribution in [1.82, 2.24) is 5.32 Å². The number of rotatable bonds is 8. The maximum Gasteiger partial charge on any atom is 0.407 e. The minimum absolute atomic E-state index is 0.0338. The van der Waals surface area contributed by atoms with Gasteiger partial charge in [0.15, 0.2) is 12.4 Å². The van der Waals surface area contributed by atoms with Crippen molar-refractivity contribution in [1.29, 1.82) is 0 Å². The minimum atomic E-state index is -2.38. The van der Waals surface area contributed by atoms with Crippen LogP contribution in [0.25, 0.3) is 0 Å². The Bertz CT molecular complexity index is 1140. The SMILES string of the molecule is COC(=O)[C@@]1(OC2[C@@H]3OC(c4ccccc4)OCC3O[C@H](S)[C@@H]2O)C[C@H]2OC(=O)N[C@H]2C([C@H](OC(C)=O)[C@H](O)CO)O1. The van der Waals surface area contributed by atoms with Gasteiger partial charge in [-0.15, -0.1) is 12.6 Å². The molecule has 1 amide bonds. The Balaban J connectivity index is 1.51. The summed E-state index contributed by atoms with van der Waals surface area (Å²) in [5.74, 6) is -4.30. The van der Waals surface area contributed by atoms with Crippen molar-refractivity contribution in [2.24, 2.45) is 0 Å². The number of methoxy groups -OCH3 is 1. The van der Waals surface area contributed by atoms with Gasteiger partial charge in [-0.25, -0.2) is 9.59 Å². The number of carbonyl (C=O) groups excluding carboxylic acids is 3. The molecule has 4 aliphatic rings. The molecule has 4 saturated heterocycles. The number of esters is 2. The first-order valence-electron chi connectivity index (χ1n) is 13.3. The molecular weight excluding hydrogens is 582 g/mol. The molecule has 0 saturated carbocycles. The number of hydrogen-bond donors (Lipinski definition) is 5. The van der Waals surface area contributed by atoms with Gasteiger partial charge in [-0.2, -0.15) is 0 Å². The van der Waals surface area contributed by atoms with E-state index in [2.05, 4.69) is 17.9 Å². The van der Waals surface area contributed by atoms with Crippen molar-refractivity contribution in [2.45, 2.75) is 85.7 Å². The van der Waals surface area contributed by atoms with Crippen molar-refractivity contribution in [3.8, 4) is 0 Å². The molecule has 42 heavy (non-hydrogen) atoms. The molecule has 1 aromatic carbocycles. The minimum Gasteiger partial charge on any atom is -0.465 e. The lowest BCUT2D eigenvalue weighted by Crippen LogP contribution is -2.69. The molecule has 4 aliphatic heterocycles. The Kier molecular flexibility index (Phi) is 9.27.